The maximum Gasteiger partial charge on any atom is 0.325 e. The van der Waals surface area contributed by atoms with E-state index in [2.05, 4.69) is 4.72 Å². The molecular weight excluding hydrogens is 418 g/mol. The third kappa shape index (κ3) is 5.22. The molecule has 0 atom stereocenters. The van der Waals surface area contributed by atoms with Crippen molar-refractivity contribution in [2.45, 2.75) is 13.8 Å². The Morgan fingerprint density at radius 1 is 0.833 bits per heavy atom. The van der Waals surface area contributed by atoms with E-state index in [1.807, 2.05) is 66.2 Å². The standard InChI is InChI=1S/C22H21N3O3S2/c1-16-9-8-13-19(15-16)25(18-11-4-3-5-12-18)22(29)24-30(27,28)23-21(26)20-14-7-6-10-17(20)2/h3-15H,1-2H3,(H,23,26)(H,24,29). The summed E-state index contributed by atoms with van der Waals surface area (Å²) in [6.07, 6.45) is 0. The summed E-state index contributed by atoms with van der Waals surface area (Å²) in [5, 5.41) is -0.0862. The number of carbonyl (C=O) groups excluding carboxylic acids is 1. The lowest BCUT2D eigenvalue weighted by molar-refractivity contribution is 0.0980. The molecule has 3 aromatic rings. The monoisotopic (exact) mass is 439 g/mol. The van der Waals surface area contributed by atoms with Crippen LogP contribution >= 0.6 is 12.2 Å². The Morgan fingerprint density at radius 2 is 1.47 bits per heavy atom. The summed E-state index contributed by atoms with van der Waals surface area (Å²) in [6.45, 7) is 3.66. The van der Waals surface area contributed by atoms with Gasteiger partial charge in [0.15, 0.2) is 5.11 Å². The Balaban J connectivity index is 1.86. The quantitative estimate of drug-likeness (QED) is 0.588. The predicted molar refractivity (Wildman–Crippen MR) is 123 cm³/mol. The van der Waals surface area contributed by atoms with Gasteiger partial charge in [-0.15, -0.1) is 0 Å². The molecule has 0 radical (unpaired) electrons. The van der Waals surface area contributed by atoms with Crippen molar-refractivity contribution in [3.63, 3.8) is 0 Å². The smallest absolute Gasteiger partial charge is 0.287 e. The normalized spacial score (nSPS) is 10.9. The van der Waals surface area contributed by atoms with Gasteiger partial charge >= 0.3 is 10.2 Å². The van der Waals surface area contributed by atoms with Crippen LogP contribution in [0.1, 0.15) is 21.5 Å². The first-order valence-corrected chi connectivity index (χ1v) is 11.0. The zero-order chi connectivity index (χ0) is 21.7. The van der Waals surface area contributed by atoms with Crippen LogP contribution in [0.2, 0.25) is 0 Å². The second-order valence-electron chi connectivity index (χ2n) is 6.67. The fourth-order valence-electron chi connectivity index (χ4n) is 2.92. The predicted octanol–water partition coefficient (Wildman–Crippen LogP) is 3.99. The summed E-state index contributed by atoms with van der Waals surface area (Å²) in [5.41, 5.74) is 3.30. The first kappa shape index (κ1) is 21.5. The van der Waals surface area contributed by atoms with Crippen molar-refractivity contribution in [2.24, 2.45) is 0 Å². The van der Waals surface area contributed by atoms with Crippen LogP contribution in [0.15, 0.2) is 78.9 Å². The van der Waals surface area contributed by atoms with E-state index >= 15 is 0 Å². The SMILES string of the molecule is Cc1cccc(N(C(=S)NS(=O)(=O)NC(=O)c2ccccc2C)c2ccccc2)c1. The average Bonchev–Trinajstić information content (AvgIpc) is 2.68. The molecule has 0 bridgehead atoms. The van der Waals surface area contributed by atoms with Gasteiger partial charge < -0.3 is 0 Å². The van der Waals surface area contributed by atoms with Crippen molar-refractivity contribution in [1.82, 2.24) is 9.44 Å². The molecule has 0 aliphatic rings. The Morgan fingerprint density at radius 3 is 2.13 bits per heavy atom. The molecular formula is C22H21N3O3S2. The topological polar surface area (TPSA) is 78.5 Å². The highest BCUT2D eigenvalue weighted by molar-refractivity contribution is 7.90. The number of hydrogen-bond donors (Lipinski definition) is 2. The lowest BCUT2D eigenvalue weighted by atomic mass is 10.1. The minimum absolute atomic E-state index is 0.0862. The maximum atomic E-state index is 12.6. The molecule has 8 heteroatoms. The first-order chi connectivity index (χ1) is 14.3. The molecule has 6 nitrogen and oxygen atoms in total. The number of carbonyl (C=O) groups is 1. The number of rotatable bonds is 5. The summed E-state index contributed by atoms with van der Waals surface area (Å²) in [7, 11) is -4.25. The molecule has 3 aromatic carbocycles. The van der Waals surface area contributed by atoms with Gasteiger partial charge in [0, 0.05) is 16.9 Å². The third-order valence-electron chi connectivity index (χ3n) is 4.32. The number of nitrogens with one attached hydrogen (secondary N) is 2. The van der Waals surface area contributed by atoms with E-state index in [9.17, 15) is 13.2 Å². The van der Waals surface area contributed by atoms with Crippen LogP contribution in [0.25, 0.3) is 0 Å². The summed E-state index contributed by atoms with van der Waals surface area (Å²) >= 11 is 5.41. The van der Waals surface area contributed by atoms with Gasteiger partial charge in [0.25, 0.3) is 5.91 Å². The van der Waals surface area contributed by atoms with Gasteiger partial charge in [0.05, 0.1) is 0 Å². The Kier molecular flexibility index (Phi) is 6.49. The van der Waals surface area contributed by atoms with E-state index in [0.29, 0.717) is 16.9 Å². The molecule has 0 aliphatic heterocycles. The number of anilines is 2. The molecule has 0 heterocycles. The van der Waals surface area contributed by atoms with Gasteiger partial charge in [-0.3, -0.25) is 9.69 Å². The Hall–Kier alpha value is -3.23. The molecule has 0 fully saturated rings. The number of thiocarbonyl (C=S) groups is 1. The van der Waals surface area contributed by atoms with Crippen molar-refractivity contribution < 1.29 is 13.2 Å². The summed E-state index contributed by atoms with van der Waals surface area (Å²) in [4.78, 5) is 14.0. The van der Waals surface area contributed by atoms with E-state index in [1.165, 1.54) is 0 Å². The second-order valence-corrected chi connectivity index (χ2v) is 8.47. The van der Waals surface area contributed by atoms with Crippen molar-refractivity contribution in [3.8, 4) is 0 Å². The molecule has 0 saturated carbocycles. The van der Waals surface area contributed by atoms with E-state index in [0.717, 1.165) is 5.56 Å². The lowest BCUT2D eigenvalue weighted by Gasteiger charge is -2.26. The molecule has 0 unspecified atom stereocenters. The number of benzene rings is 3. The van der Waals surface area contributed by atoms with Crippen LogP contribution in [0, 0.1) is 13.8 Å². The highest BCUT2D eigenvalue weighted by Crippen LogP contribution is 2.26. The van der Waals surface area contributed by atoms with Gasteiger partial charge in [-0.2, -0.15) is 8.42 Å². The maximum absolute atomic E-state index is 12.6. The summed E-state index contributed by atoms with van der Waals surface area (Å²) in [6, 6.07) is 23.4. The molecule has 2 N–H and O–H groups in total. The van der Waals surface area contributed by atoms with E-state index in [4.69, 9.17) is 12.2 Å². The van der Waals surface area contributed by atoms with Gasteiger partial charge in [0.1, 0.15) is 0 Å². The fourth-order valence-corrected chi connectivity index (χ4v) is 4.18. The molecule has 30 heavy (non-hydrogen) atoms. The largest absolute Gasteiger partial charge is 0.325 e. The molecule has 0 aromatic heterocycles. The number of nitrogens with zero attached hydrogens (tertiary/aromatic N) is 1. The average molecular weight is 440 g/mol. The summed E-state index contributed by atoms with van der Waals surface area (Å²) < 4.78 is 29.5. The Labute approximate surface area is 181 Å². The second kappa shape index (κ2) is 9.06. The van der Waals surface area contributed by atoms with E-state index in [1.54, 1.807) is 36.1 Å². The minimum atomic E-state index is -4.25. The molecule has 0 aliphatic carbocycles. The van der Waals surface area contributed by atoms with Crippen LogP contribution in [0.5, 0.6) is 0 Å². The fraction of sp³-hybridized carbons (Fsp3) is 0.0909. The van der Waals surface area contributed by atoms with Crippen LogP contribution in [-0.4, -0.2) is 19.4 Å². The molecule has 154 valence electrons. The molecule has 1 amide bonds. The number of aryl methyl sites for hydroxylation is 2. The zero-order valence-electron chi connectivity index (χ0n) is 16.5. The van der Waals surface area contributed by atoms with E-state index < -0.39 is 16.1 Å². The molecule has 0 spiro atoms. The first-order valence-electron chi connectivity index (χ1n) is 9.13. The highest BCUT2D eigenvalue weighted by Gasteiger charge is 2.22. The third-order valence-corrected chi connectivity index (χ3v) is 5.65. The lowest BCUT2D eigenvalue weighted by Crippen LogP contribution is -2.47. The van der Waals surface area contributed by atoms with Crippen LogP contribution in [0.3, 0.4) is 0 Å². The van der Waals surface area contributed by atoms with Crippen LogP contribution in [0.4, 0.5) is 11.4 Å². The van der Waals surface area contributed by atoms with Gasteiger partial charge in [0.2, 0.25) is 0 Å². The van der Waals surface area contributed by atoms with Gasteiger partial charge in [-0.1, -0.05) is 48.5 Å². The minimum Gasteiger partial charge on any atom is -0.287 e. The van der Waals surface area contributed by atoms with Crippen molar-refractivity contribution >= 4 is 44.8 Å². The molecule has 0 saturated heterocycles. The van der Waals surface area contributed by atoms with Gasteiger partial charge in [-0.25, -0.2) is 9.44 Å². The van der Waals surface area contributed by atoms with Crippen LogP contribution < -0.4 is 14.3 Å². The molecule has 3 rings (SSSR count). The number of para-hydroxylation sites is 1. The highest BCUT2D eigenvalue weighted by atomic mass is 32.2. The van der Waals surface area contributed by atoms with Crippen molar-refractivity contribution in [3.05, 3.63) is 95.6 Å². The van der Waals surface area contributed by atoms with Gasteiger partial charge in [-0.05, 0) is 67.5 Å². The number of hydrogen-bond acceptors (Lipinski definition) is 4. The number of amides is 1. The van der Waals surface area contributed by atoms with E-state index in [-0.39, 0.29) is 10.7 Å². The summed E-state index contributed by atoms with van der Waals surface area (Å²) in [5.74, 6) is -0.731. The zero-order valence-corrected chi connectivity index (χ0v) is 18.1. The Bertz CT molecular complexity index is 1180. The van der Waals surface area contributed by atoms with Crippen molar-refractivity contribution in [2.75, 3.05) is 4.90 Å². The van der Waals surface area contributed by atoms with Crippen LogP contribution in [-0.2, 0) is 10.2 Å². The van der Waals surface area contributed by atoms with Crippen molar-refractivity contribution in [1.29, 1.82) is 0 Å².